The summed E-state index contributed by atoms with van der Waals surface area (Å²) in [5.74, 6) is 1.96. The molecule has 0 spiro atoms. The molecule has 0 aliphatic rings. The zero-order valence-electron chi connectivity index (χ0n) is 12.7. The van der Waals surface area contributed by atoms with Gasteiger partial charge in [-0.05, 0) is 35.9 Å². The summed E-state index contributed by atoms with van der Waals surface area (Å²) >= 11 is 19.5. The molecule has 0 heterocycles. The lowest BCUT2D eigenvalue weighted by Crippen LogP contribution is -2.30. The summed E-state index contributed by atoms with van der Waals surface area (Å²) in [5.41, 5.74) is 1.03. The molecule has 0 atom stereocenters. The third-order valence-corrected chi connectivity index (χ3v) is 4.84. The minimum Gasteiger partial charge on any atom is -0.484 e. The first-order valence-electron chi connectivity index (χ1n) is 7.21. The highest BCUT2D eigenvalue weighted by molar-refractivity contribution is 7.98. The Morgan fingerprint density at radius 3 is 2.62 bits per heavy atom. The highest BCUT2D eigenvalue weighted by Crippen LogP contribution is 2.24. The van der Waals surface area contributed by atoms with Crippen LogP contribution in [-0.4, -0.2) is 24.8 Å². The number of benzene rings is 2. The largest absolute Gasteiger partial charge is 0.484 e. The van der Waals surface area contributed by atoms with E-state index in [9.17, 15) is 4.79 Å². The van der Waals surface area contributed by atoms with E-state index >= 15 is 0 Å². The van der Waals surface area contributed by atoms with Crippen LogP contribution in [-0.2, 0) is 10.5 Å². The Morgan fingerprint density at radius 2 is 1.88 bits per heavy atom. The second-order valence-electron chi connectivity index (χ2n) is 4.88. The van der Waals surface area contributed by atoms with Crippen LogP contribution in [0.3, 0.4) is 0 Å². The molecule has 7 heteroatoms. The summed E-state index contributed by atoms with van der Waals surface area (Å²) in [6.07, 6.45) is 0. The second kappa shape index (κ2) is 10.0. The van der Waals surface area contributed by atoms with E-state index in [1.54, 1.807) is 42.1 Å². The molecule has 0 bridgehead atoms. The van der Waals surface area contributed by atoms with Crippen molar-refractivity contribution in [1.29, 1.82) is 0 Å². The molecule has 0 saturated carbocycles. The summed E-state index contributed by atoms with van der Waals surface area (Å²) in [5, 5.41) is 4.67. The molecule has 128 valence electrons. The number of thioether (sulfide) groups is 1. The number of hydrogen-bond acceptors (Lipinski definition) is 3. The van der Waals surface area contributed by atoms with Crippen LogP contribution in [0.5, 0.6) is 5.75 Å². The summed E-state index contributed by atoms with van der Waals surface area (Å²) in [6.45, 7) is 0.529. The van der Waals surface area contributed by atoms with Gasteiger partial charge in [0.15, 0.2) is 6.61 Å². The Morgan fingerprint density at radius 1 is 1.08 bits per heavy atom. The standard InChI is InChI=1S/C17H16Cl3NO2S/c18-13-2-1-3-15(8-13)23-10-17(22)21-6-7-24-11-12-4-5-14(19)9-16(12)20/h1-5,8-9H,6-7,10-11H2,(H,21,22). The van der Waals surface area contributed by atoms with E-state index in [0.717, 1.165) is 17.1 Å². The molecule has 2 rings (SSSR count). The fraction of sp³-hybridized carbons (Fsp3) is 0.235. The van der Waals surface area contributed by atoms with E-state index in [1.165, 1.54) is 0 Å². The van der Waals surface area contributed by atoms with Crippen LogP contribution in [0.25, 0.3) is 0 Å². The molecule has 3 nitrogen and oxygen atoms in total. The molecule has 1 amide bonds. The summed E-state index contributed by atoms with van der Waals surface area (Å²) < 4.78 is 5.37. The monoisotopic (exact) mass is 403 g/mol. The first-order chi connectivity index (χ1) is 11.5. The van der Waals surface area contributed by atoms with Gasteiger partial charge in [-0.3, -0.25) is 4.79 Å². The van der Waals surface area contributed by atoms with Crippen LogP contribution in [0.2, 0.25) is 15.1 Å². The Bertz CT molecular complexity index is 697. The minimum absolute atomic E-state index is 0.0337. The lowest BCUT2D eigenvalue weighted by Gasteiger charge is -2.08. The summed E-state index contributed by atoms with van der Waals surface area (Å²) in [7, 11) is 0. The van der Waals surface area contributed by atoms with Gasteiger partial charge in [-0.25, -0.2) is 0 Å². The molecule has 24 heavy (non-hydrogen) atoms. The maximum absolute atomic E-state index is 11.7. The second-order valence-corrected chi connectivity index (χ2v) is 7.27. The molecule has 1 N–H and O–H groups in total. The number of ether oxygens (including phenoxy) is 1. The van der Waals surface area contributed by atoms with Crippen LogP contribution in [0.1, 0.15) is 5.56 Å². The number of halogens is 3. The van der Waals surface area contributed by atoms with E-state index in [2.05, 4.69) is 5.32 Å². The lowest BCUT2D eigenvalue weighted by atomic mass is 10.2. The summed E-state index contributed by atoms with van der Waals surface area (Å²) in [4.78, 5) is 11.7. The van der Waals surface area contributed by atoms with E-state index < -0.39 is 0 Å². The van der Waals surface area contributed by atoms with Crippen molar-refractivity contribution in [3.8, 4) is 5.75 Å². The van der Waals surface area contributed by atoms with Gasteiger partial charge in [-0.2, -0.15) is 11.8 Å². The lowest BCUT2D eigenvalue weighted by molar-refractivity contribution is -0.122. The van der Waals surface area contributed by atoms with Crippen LogP contribution in [0, 0.1) is 0 Å². The molecular weight excluding hydrogens is 389 g/mol. The van der Waals surface area contributed by atoms with Gasteiger partial charge >= 0.3 is 0 Å². The van der Waals surface area contributed by atoms with E-state index in [1.807, 2.05) is 12.1 Å². The Balaban J connectivity index is 1.61. The zero-order chi connectivity index (χ0) is 17.4. The van der Waals surface area contributed by atoms with E-state index in [-0.39, 0.29) is 12.5 Å². The number of nitrogens with one attached hydrogen (secondary N) is 1. The SMILES string of the molecule is O=C(COc1cccc(Cl)c1)NCCSCc1ccc(Cl)cc1Cl. The molecular formula is C17H16Cl3NO2S. The molecule has 2 aromatic carbocycles. The molecule has 0 aliphatic carbocycles. The van der Waals surface area contributed by atoms with Gasteiger partial charge in [0.1, 0.15) is 5.75 Å². The van der Waals surface area contributed by atoms with Gasteiger partial charge in [0.2, 0.25) is 0 Å². The number of amides is 1. The van der Waals surface area contributed by atoms with Gasteiger partial charge < -0.3 is 10.1 Å². The highest BCUT2D eigenvalue weighted by atomic mass is 35.5. The molecule has 2 aromatic rings. The first kappa shape index (κ1) is 19.3. The van der Waals surface area contributed by atoms with Crippen molar-refractivity contribution in [2.24, 2.45) is 0 Å². The molecule has 0 aliphatic heterocycles. The topological polar surface area (TPSA) is 38.3 Å². The van der Waals surface area contributed by atoms with Gasteiger partial charge in [-0.15, -0.1) is 0 Å². The third kappa shape index (κ3) is 6.81. The first-order valence-corrected chi connectivity index (χ1v) is 9.50. The van der Waals surface area contributed by atoms with Gasteiger partial charge in [0.05, 0.1) is 0 Å². The number of hydrogen-bond donors (Lipinski definition) is 1. The van der Waals surface area contributed by atoms with Crippen molar-refractivity contribution in [2.45, 2.75) is 5.75 Å². The fourth-order valence-corrected chi connectivity index (χ4v) is 3.44. The van der Waals surface area contributed by atoms with Crippen molar-refractivity contribution < 1.29 is 9.53 Å². The molecule has 0 radical (unpaired) electrons. The number of rotatable bonds is 8. The van der Waals surface area contributed by atoms with Gasteiger partial charge in [0, 0.05) is 33.1 Å². The minimum atomic E-state index is -0.167. The smallest absolute Gasteiger partial charge is 0.257 e. The number of carbonyl (C=O) groups is 1. The zero-order valence-corrected chi connectivity index (χ0v) is 15.8. The quantitative estimate of drug-likeness (QED) is 0.624. The molecule has 0 fully saturated rings. The van der Waals surface area contributed by atoms with E-state index in [4.69, 9.17) is 39.5 Å². The predicted octanol–water partition coefficient (Wildman–Crippen LogP) is 5.08. The van der Waals surface area contributed by atoms with Crippen LogP contribution >= 0.6 is 46.6 Å². The van der Waals surface area contributed by atoms with Crippen molar-refractivity contribution in [3.63, 3.8) is 0 Å². The average Bonchev–Trinajstić information content (AvgIpc) is 2.54. The van der Waals surface area contributed by atoms with Gasteiger partial charge in [0.25, 0.3) is 5.91 Å². The van der Waals surface area contributed by atoms with Gasteiger partial charge in [-0.1, -0.05) is 46.9 Å². The summed E-state index contributed by atoms with van der Waals surface area (Å²) in [6, 6.07) is 12.4. The molecule has 0 saturated heterocycles. The maximum atomic E-state index is 11.7. The van der Waals surface area contributed by atoms with Crippen molar-refractivity contribution >= 4 is 52.5 Å². The predicted molar refractivity (Wildman–Crippen MR) is 103 cm³/mol. The van der Waals surface area contributed by atoms with Crippen molar-refractivity contribution in [3.05, 3.63) is 63.1 Å². The molecule has 0 aromatic heterocycles. The Labute approximate surface area is 160 Å². The number of carbonyl (C=O) groups excluding carboxylic acids is 1. The Hall–Kier alpha value is -1.07. The maximum Gasteiger partial charge on any atom is 0.257 e. The molecule has 0 unspecified atom stereocenters. The third-order valence-electron chi connectivity index (χ3n) is 3.01. The normalized spacial score (nSPS) is 10.5. The highest BCUT2D eigenvalue weighted by Gasteiger charge is 2.04. The van der Waals surface area contributed by atoms with Crippen LogP contribution in [0.15, 0.2) is 42.5 Å². The van der Waals surface area contributed by atoms with Crippen molar-refractivity contribution in [2.75, 3.05) is 18.9 Å². The average molecular weight is 405 g/mol. The van der Waals surface area contributed by atoms with E-state index in [0.29, 0.717) is 27.4 Å². The van der Waals surface area contributed by atoms with Crippen LogP contribution < -0.4 is 10.1 Å². The Kier molecular flexibility index (Phi) is 8.06. The van der Waals surface area contributed by atoms with Crippen molar-refractivity contribution in [1.82, 2.24) is 5.32 Å². The fourth-order valence-electron chi connectivity index (χ4n) is 1.84. The van der Waals surface area contributed by atoms with Crippen LogP contribution in [0.4, 0.5) is 0 Å².